The summed E-state index contributed by atoms with van der Waals surface area (Å²) in [5.74, 6) is -1.27. The van der Waals surface area contributed by atoms with Crippen LogP contribution in [0.2, 0.25) is 0 Å². The van der Waals surface area contributed by atoms with E-state index in [0.29, 0.717) is 30.3 Å². The number of benzene rings is 2. The van der Waals surface area contributed by atoms with Gasteiger partial charge in [-0.05, 0) is 49.7 Å². The van der Waals surface area contributed by atoms with E-state index in [1.807, 2.05) is 13.8 Å². The lowest BCUT2D eigenvalue weighted by Gasteiger charge is -2.13. The number of nitrogens with one attached hydrogen (secondary N) is 1. The number of anilines is 1. The summed E-state index contributed by atoms with van der Waals surface area (Å²) < 4.78 is 24.8. The number of carbonyl (C=O) groups excluding carboxylic acids is 1. The fraction of sp³-hybridized carbons (Fsp3) is 0.263. The Labute approximate surface area is 150 Å². The van der Waals surface area contributed by atoms with Crippen LogP contribution in [0.5, 0.6) is 11.5 Å². The minimum Gasteiger partial charge on any atom is -0.490 e. The number of hydrogen-bond donors (Lipinski definition) is 2. The maximum Gasteiger partial charge on any atom is 0.307 e. The zero-order chi connectivity index (χ0) is 19.1. The maximum atomic E-state index is 13.9. The summed E-state index contributed by atoms with van der Waals surface area (Å²) in [4.78, 5) is 23.1. The summed E-state index contributed by atoms with van der Waals surface area (Å²) >= 11 is 0. The molecule has 1 amide bonds. The topological polar surface area (TPSA) is 84.9 Å². The van der Waals surface area contributed by atoms with E-state index in [-0.39, 0.29) is 11.3 Å². The molecule has 2 aromatic rings. The highest BCUT2D eigenvalue weighted by atomic mass is 19.1. The van der Waals surface area contributed by atoms with Crippen molar-refractivity contribution in [1.82, 2.24) is 0 Å². The number of carboxylic acid groups (broad SMARTS) is 1. The molecule has 6 nitrogen and oxygen atoms in total. The molecule has 26 heavy (non-hydrogen) atoms. The van der Waals surface area contributed by atoms with E-state index in [2.05, 4.69) is 5.32 Å². The molecule has 0 aliphatic carbocycles. The smallest absolute Gasteiger partial charge is 0.307 e. The molecule has 0 aliphatic rings. The number of carbonyl (C=O) groups is 2. The van der Waals surface area contributed by atoms with Gasteiger partial charge >= 0.3 is 5.97 Å². The van der Waals surface area contributed by atoms with E-state index in [9.17, 15) is 14.0 Å². The highest BCUT2D eigenvalue weighted by Gasteiger charge is 2.13. The lowest BCUT2D eigenvalue weighted by atomic mass is 10.1. The van der Waals surface area contributed by atoms with Crippen LogP contribution in [0.15, 0.2) is 36.4 Å². The average Bonchev–Trinajstić information content (AvgIpc) is 2.59. The van der Waals surface area contributed by atoms with Crippen LogP contribution >= 0.6 is 0 Å². The lowest BCUT2D eigenvalue weighted by Crippen LogP contribution is -2.13. The zero-order valence-corrected chi connectivity index (χ0v) is 14.5. The Hall–Kier alpha value is -3.09. The van der Waals surface area contributed by atoms with Gasteiger partial charge in [0.2, 0.25) is 0 Å². The van der Waals surface area contributed by atoms with Crippen LogP contribution < -0.4 is 14.8 Å². The van der Waals surface area contributed by atoms with Crippen molar-refractivity contribution >= 4 is 17.6 Å². The van der Waals surface area contributed by atoms with Crippen molar-refractivity contribution in [2.45, 2.75) is 20.3 Å². The molecule has 0 radical (unpaired) electrons. The zero-order valence-electron chi connectivity index (χ0n) is 14.5. The highest BCUT2D eigenvalue weighted by Crippen LogP contribution is 2.29. The molecule has 0 atom stereocenters. The van der Waals surface area contributed by atoms with Gasteiger partial charge in [0.15, 0.2) is 11.5 Å². The third-order valence-electron chi connectivity index (χ3n) is 3.46. The summed E-state index contributed by atoms with van der Waals surface area (Å²) in [6, 6.07) is 8.66. The molecule has 2 rings (SSSR count). The van der Waals surface area contributed by atoms with E-state index in [1.165, 1.54) is 12.1 Å². The van der Waals surface area contributed by atoms with Gasteiger partial charge in [0.25, 0.3) is 5.91 Å². The van der Waals surface area contributed by atoms with Crippen molar-refractivity contribution in [2.75, 3.05) is 18.5 Å². The quantitative estimate of drug-likeness (QED) is 0.752. The standard InChI is InChI=1S/C19H20FNO5/c1-3-25-16-8-6-13(9-17(16)26-4-2)19(24)21-14-7-5-12(10-18(22)23)15(20)11-14/h5-9,11H,3-4,10H2,1-2H3,(H,21,24)(H,22,23). The van der Waals surface area contributed by atoms with Gasteiger partial charge in [-0.25, -0.2) is 4.39 Å². The van der Waals surface area contributed by atoms with Gasteiger partial charge in [-0.1, -0.05) is 6.07 Å². The second-order valence-electron chi connectivity index (χ2n) is 5.36. The minimum absolute atomic E-state index is 0.0511. The van der Waals surface area contributed by atoms with E-state index in [0.717, 1.165) is 6.07 Å². The molecule has 0 unspecified atom stereocenters. The van der Waals surface area contributed by atoms with E-state index in [4.69, 9.17) is 14.6 Å². The van der Waals surface area contributed by atoms with E-state index in [1.54, 1.807) is 18.2 Å². The molecule has 0 fully saturated rings. The number of ether oxygens (including phenoxy) is 2. The van der Waals surface area contributed by atoms with Crippen molar-refractivity contribution in [1.29, 1.82) is 0 Å². The normalized spacial score (nSPS) is 10.3. The third-order valence-corrected chi connectivity index (χ3v) is 3.46. The van der Waals surface area contributed by atoms with Crippen LogP contribution in [0, 0.1) is 5.82 Å². The van der Waals surface area contributed by atoms with Crippen molar-refractivity contribution in [3.8, 4) is 11.5 Å². The van der Waals surface area contributed by atoms with Crippen molar-refractivity contribution in [3.63, 3.8) is 0 Å². The number of aliphatic carboxylic acids is 1. The molecule has 0 saturated heterocycles. The molecule has 2 N–H and O–H groups in total. The molecule has 7 heteroatoms. The minimum atomic E-state index is -1.13. The van der Waals surface area contributed by atoms with Crippen LogP contribution in [0.1, 0.15) is 29.8 Å². The predicted octanol–water partition coefficient (Wildman–Crippen LogP) is 3.50. The van der Waals surface area contributed by atoms with E-state index < -0.39 is 24.1 Å². The molecule has 0 saturated carbocycles. The number of amides is 1. The van der Waals surface area contributed by atoms with Gasteiger partial charge in [0, 0.05) is 11.3 Å². The largest absolute Gasteiger partial charge is 0.490 e. The van der Waals surface area contributed by atoms with Gasteiger partial charge in [0.1, 0.15) is 5.82 Å². The first-order valence-corrected chi connectivity index (χ1v) is 8.15. The van der Waals surface area contributed by atoms with Gasteiger partial charge in [-0.15, -0.1) is 0 Å². The Bertz CT molecular complexity index is 807. The second-order valence-corrected chi connectivity index (χ2v) is 5.36. The number of hydrogen-bond acceptors (Lipinski definition) is 4. The Kier molecular flexibility index (Phi) is 6.54. The van der Waals surface area contributed by atoms with Gasteiger partial charge in [0.05, 0.1) is 19.6 Å². The van der Waals surface area contributed by atoms with Crippen LogP contribution in [0.4, 0.5) is 10.1 Å². The first-order chi connectivity index (χ1) is 12.4. The summed E-state index contributed by atoms with van der Waals surface area (Å²) in [6.07, 6.45) is -0.420. The summed E-state index contributed by atoms with van der Waals surface area (Å²) in [5.41, 5.74) is 0.607. The Morgan fingerprint density at radius 3 is 2.35 bits per heavy atom. The van der Waals surface area contributed by atoms with Gasteiger partial charge < -0.3 is 19.9 Å². The third kappa shape index (κ3) is 4.95. The Morgan fingerprint density at radius 2 is 1.73 bits per heavy atom. The summed E-state index contributed by atoms with van der Waals surface area (Å²) in [5, 5.41) is 11.3. The van der Waals surface area contributed by atoms with Crippen LogP contribution in [-0.2, 0) is 11.2 Å². The van der Waals surface area contributed by atoms with Crippen molar-refractivity contribution in [3.05, 3.63) is 53.3 Å². The molecule has 138 valence electrons. The molecular weight excluding hydrogens is 341 g/mol. The predicted molar refractivity (Wildman–Crippen MR) is 94.5 cm³/mol. The number of halogens is 1. The molecule has 2 aromatic carbocycles. The van der Waals surface area contributed by atoms with Crippen LogP contribution in [0.3, 0.4) is 0 Å². The molecule has 0 aromatic heterocycles. The SMILES string of the molecule is CCOc1ccc(C(=O)Nc2ccc(CC(=O)O)c(F)c2)cc1OCC. The average molecular weight is 361 g/mol. The first kappa shape index (κ1) is 19.2. The molecule has 0 spiro atoms. The van der Waals surface area contributed by atoms with Crippen LogP contribution in [-0.4, -0.2) is 30.2 Å². The second kappa shape index (κ2) is 8.84. The molecule has 0 aliphatic heterocycles. The Balaban J connectivity index is 2.17. The lowest BCUT2D eigenvalue weighted by molar-refractivity contribution is -0.136. The van der Waals surface area contributed by atoms with Crippen molar-refractivity contribution in [2.24, 2.45) is 0 Å². The van der Waals surface area contributed by atoms with E-state index >= 15 is 0 Å². The summed E-state index contributed by atoms with van der Waals surface area (Å²) in [7, 11) is 0. The number of carboxylic acids is 1. The highest BCUT2D eigenvalue weighted by molar-refractivity contribution is 6.04. The fourth-order valence-corrected chi connectivity index (χ4v) is 2.33. The monoisotopic (exact) mass is 361 g/mol. The van der Waals surface area contributed by atoms with Crippen LogP contribution in [0.25, 0.3) is 0 Å². The van der Waals surface area contributed by atoms with Crippen molar-refractivity contribution < 1.29 is 28.6 Å². The first-order valence-electron chi connectivity index (χ1n) is 8.15. The van der Waals surface area contributed by atoms with Gasteiger partial charge in [-0.2, -0.15) is 0 Å². The molecule has 0 bridgehead atoms. The fourth-order valence-electron chi connectivity index (χ4n) is 2.33. The maximum absolute atomic E-state index is 13.9. The molecule has 0 heterocycles. The Morgan fingerprint density at radius 1 is 1.04 bits per heavy atom. The summed E-state index contributed by atoms with van der Waals surface area (Å²) in [6.45, 7) is 4.55. The van der Waals surface area contributed by atoms with Gasteiger partial charge in [-0.3, -0.25) is 9.59 Å². The number of rotatable bonds is 8. The molecular formula is C19H20FNO5.